The molecule has 3 aromatic carbocycles. The zero-order chi connectivity index (χ0) is 20.1. The summed E-state index contributed by atoms with van der Waals surface area (Å²) < 4.78 is 0. The van der Waals surface area contributed by atoms with Crippen molar-refractivity contribution in [2.24, 2.45) is 0 Å². The molecule has 0 radical (unpaired) electrons. The van der Waals surface area contributed by atoms with Gasteiger partial charge in [-0.3, -0.25) is 4.98 Å². The van der Waals surface area contributed by atoms with Gasteiger partial charge in [0.15, 0.2) is 0 Å². The summed E-state index contributed by atoms with van der Waals surface area (Å²) in [6.45, 7) is 0.364. The summed E-state index contributed by atoms with van der Waals surface area (Å²) in [5.41, 5.74) is 2.47. The summed E-state index contributed by atoms with van der Waals surface area (Å²) in [5, 5.41) is 18.5. The number of rotatable bonds is 5. The van der Waals surface area contributed by atoms with E-state index in [0.717, 1.165) is 21.9 Å². The molecule has 144 valence electrons. The first-order chi connectivity index (χ1) is 14.2. The number of nitrogens with one attached hydrogen (secondary N) is 2. The summed E-state index contributed by atoms with van der Waals surface area (Å²) in [4.78, 5) is 16.8. The number of benzene rings is 3. The van der Waals surface area contributed by atoms with Gasteiger partial charge in [-0.25, -0.2) is 4.79 Å². The van der Waals surface area contributed by atoms with Crippen molar-refractivity contribution in [3.8, 4) is 5.75 Å². The molecule has 1 heterocycles. The number of nitrogens with zero attached hydrogens (tertiary/aromatic N) is 1. The summed E-state index contributed by atoms with van der Waals surface area (Å²) in [6, 6.07) is 23.9. The number of urea groups is 1. The maximum atomic E-state index is 12.7. The lowest BCUT2D eigenvalue weighted by atomic mass is 9.93. The molecule has 0 saturated carbocycles. The van der Waals surface area contributed by atoms with Crippen LogP contribution in [0.2, 0.25) is 0 Å². The zero-order valence-corrected chi connectivity index (χ0v) is 15.7. The van der Waals surface area contributed by atoms with Crippen LogP contribution in [0.4, 0.5) is 4.79 Å². The number of phenols is 1. The van der Waals surface area contributed by atoms with Crippen molar-refractivity contribution in [3.05, 3.63) is 108 Å². The van der Waals surface area contributed by atoms with Gasteiger partial charge < -0.3 is 15.7 Å². The van der Waals surface area contributed by atoms with E-state index in [9.17, 15) is 9.90 Å². The van der Waals surface area contributed by atoms with E-state index in [1.54, 1.807) is 18.5 Å². The molecule has 0 saturated heterocycles. The Bertz CT molecular complexity index is 1110. The molecule has 4 rings (SSSR count). The molecule has 5 nitrogen and oxygen atoms in total. The lowest BCUT2D eigenvalue weighted by Crippen LogP contribution is -2.38. The van der Waals surface area contributed by atoms with Crippen LogP contribution in [0.15, 0.2) is 91.3 Å². The molecular weight excluding hydrogens is 362 g/mol. The van der Waals surface area contributed by atoms with Gasteiger partial charge >= 0.3 is 6.03 Å². The first kappa shape index (κ1) is 18.5. The number of aromatic nitrogens is 1. The van der Waals surface area contributed by atoms with Crippen molar-refractivity contribution in [1.82, 2.24) is 15.6 Å². The van der Waals surface area contributed by atoms with Crippen molar-refractivity contribution in [1.29, 1.82) is 0 Å². The van der Waals surface area contributed by atoms with Crippen LogP contribution in [0.25, 0.3) is 10.8 Å². The fraction of sp³-hybridized carbons (Fsp3) is 0.0833. The normalized spacial score (nSPS) is 11.7. The summed E-state index contributed by atoms with van der Waals surface area (Å²) >= 11 is 0. The third-order valence-electron chi connectivity index (χ3n) is 4.82. The predicted octanol–water partition coefficient (Wildman–Crippen LogP) is 4.53. The fourth-order valence-electron chi connectivity index (χ4n) is 3.42. The van der Waals surface area contributed by atoms with Gasteiger partial charge in [0, 0.05) is 24.5 Å². The Labute approximate surface area is 169 Å². The standard InChI is InChI=1S/C24H21N3O2/c28-21-13-12-18-8-4-5-11-20(18)22(21)23(19-9-2-1-3-10-19)27-24(29)26-16-17-7-6-14-25-15-17/h1-15,23,28H,16H2,(H2,26,27,29)/t23-/m0/s1. The van der Waals surface area contributed by atoms with Gasteiger partial charge in [-0.15, -0.1) is 0 Å². The van der Waals surface area contributed by atoms with E-state index in [4.69, 9.17) is 0 Å². The number of carbonyl (C=O) groups excluding carboxylic acids is 1. The Balaban J connectivity index is 1.67. The number of hydrogen-bond donors (Lipinski definition) is 3. The topological polar surface area (TPSA) is 74.2 Å². The van der Waals surface area contributed by atoms with E-state index in [0.29, 0.717) is 12.1 Å². The van der Waals surface area contributed by atoms with Crippen LogP contribution in [0, 0.1) is 0 Å². The van der Waals surface area contributed by atoms with E-state index in [1.165, 1.54) is 0 Å². The molecule has 0 spiro atoms. The van der Waals surface area contributed by atoms with E-state index >= 15 is 0 Å². The van der Waals surface area contributed by atoms with Crippen molar-refractivity contribution >= 4 is 16.8 Å². The van der Waals surface area contributed by atoms with Crippen molar-refractivity contribution in [2.75, 3.05) is 0 Å². The van der Waals surface area contributed by atoms with Gasteiger partial charge in [-0.05, 0) is 34.0 Å². The number of amides is 2. The number of hydrogen-bond acceptors (Lipinski definition) is 3. The lowest BCUT2D eigenvalue weighted by molar-refractivity contribution is 0.238. The second-order valence-electron chi connectivity index (χ2n) is 6.75. The number of phenolic OH excluding ortho intramolecular Hbond substituents is 1. The first-order valence-corrected chi connectivity index (χ1v) is 9.41. The van der Waals surface area contributed by atoms with Crippen molar-refractivity contribution in [3.63, 3.8) is 0 Å². The van der Waals surface area contributed by atoms with Gasteiger partial charge in [0.25, 0.3) is 0 Å². The van der Waals surface area contributed by atoms with Gasteiger partial charge in [0.05, 0.1) is 6.04 Å². The molecule has 0 aliphatic heterocycles. The van der Waals surface area contributed by atoms with Crippen molar-refractivity contribution in [2.45, 2.75) is 12.6 Å². The van der Waals surface area contributed by atoms with Crippen LogP contribution in [-0.4, -0.2) is 16.1 Å². The van der Waals surface area contributed by atoms with Crippen LogP contribution in [-0.2, 0) is 6.54 Å². The second kappa shape index (κ2) is 8.44. The molecular formula is C24H21N3O2. The second-order valence-corrected chi connectivity index (χ2v) is 6.75. The molecule has 0 aliphatic rings. The highest BCUT2D eigenvalue weighted by molar-refractivity contribution is 5.89. The summed E-state index contributed by atoms with van der Waals surface area (Å²) in [5.74, 6) is 0.144. The van der Waals surface area contributed by atoms with Gasteiger partial charge in [-0.1, -0.05) is 66.7 Å². The predicted molar refractivity (Wildman–Crippen MR) is 114 cm³/mol. The van der Waals surface area contributed by atoms with E-state index in [-0.39, 0.29) is 11.8 Å². The molecule has 0 unspecified atom stereocenters. The first-order valence-electron chi connectivity index (χ1n) is 9.41. The molecule has 1 atom stereocenters. The summed E-state index contributed by atoms with van der Waals surface area (Å²) in [6.07, 6.45) is 3.41. The van der Waals surface area contributed by atoms with E-state index < -0.39 is 6.04 Å². The van der Waals surface area contributed by atoms with Gasteiger partial charge in [0.2, 0.25) is 0 Å². The third-order valence-corrected chi connectivity index (χ3v) is 4.82. The number of fused-ring (bicyclic) bond motifs is 1. The molecule has 5 heteroatoms. The van der Waals surface area contributed by atoms with Crippen molar-refractivity contribution < 1.29 is 9.90 Å². The molecule has 0 fully saturated rings. The molecule has 29 heavy (non-hydrogen) atoms. The minimum absolute atomic E-state index is 0.144. The molecule has 3 N–H and O–H groups in total. The minimum Gasteiger partial charge on any atom is -0.508 e. The summed E-state index contributed by atoms with van der Waals surface area (Å²) in [7, 11) is 0. The number of aromatic hydroxyl groups is 1. The van der Waals surface area contributed by atoms with E-state index in [2.05, 4.69) is 15.6 Å². The molecule has 2 amide bonds. The largest absolute Gasteiger partial charge is 0.508 e. The lowest BCUT2D eigenvalue weighted by Gasteiger charge is -2.23. The van der Waals surface area contributed by atoms with Crippen LogP contribution >= 0.6 is 0 Å². The highest BCUT2D eigenvalue weighted by atomic mass is 16.3. The molecule has 4 aromatic rings. The number of carbonyl (C=O) groups is 1. The highest BCUT2D eigenvalue weighted by Gasteiger charge is 2.22. The molecule has 0 bridgehead atoms. The van der Waals surface area contributed by atoms with Crippen LogP contribution < -0.4 is 10.6 Å². The average molecular weight is 383 g/mol. The molecule has 1 aromatic heterocycles. The molecule has 0 aliphatic carbocycles. The Morgan fingerprint density at radius 2 is 1.72 bits per heavy atom. The SMILES string of the molecule is O=C(NCc1cccnc1)N[C@@H](c1ccccc1)c1c(O)ccc2ccccc12. The number of pyridine rings is 1. The minimum atomic E-state index is -0.504. The van der Waals surface area contributed by atoms with Crippen LogP contribution in [0.5, 0.6) is 5.75 Å². The Morgan fingerprint density at radius 3 is 2.52 bits per heavy atom. The Morgan fingerprint density at radius 1 is 0.931 bits per heavy atom. The van der Waals surface area contributed by atoms with Gasteiger partial charge in [-0.2, -0.15) is 0 Å². The Hall–Kier alpha value is -3.86. The smallest absolute Gasteiger partial charge is 0.315 e. The highest BCUT2D eigenvalue weighted by Crippen LogP contribution is 2.35. The Kier molecular flexibility index (Phi) is 5.38. The fourth-order valence-corrected chi connectivity index (χ4v) is 3.42. The average Bonchev–Trinajstić information content (AvgIpc) is 2.78. The maximum absolute atomic E-state index is 12.7. The quantitative estimate of drug-likeness (QED) is 0.474. The van der Waals surface area contributed by atoms with Crippen LogP contribution in [0.3, 0.4) is 0 Å². The zero-order valence-electron chi connectivity index (χ0n) is 15.7. The monoisotopic (exact) mass is 383 g/mol. The van der Waals surface area contributed by atoms with E-state index in [1.807, 2.05) is 72.8 Å². The maximum Gasteiger partial charge on any atom is 0.315 e. The van der Waals surface area contributed by atoms with Crippen LogP contribution in [0.1, 0.15) is 22.7 Å². The third kappa shape index (κ3) is 4.19. The van der Waals surface area contributed by atoms with Gasteiger partial charge in [0.1, 0.15) is 5.75 Å².